The standard InChI is InChI=1S/C10H16N6O2S2/c1-6-5-7-8(13-3-2-4-20(12,17)18)14-10(16-11)15-9(7)19-6/h5H,2-4,11H2,1H3,(H2,12,17,18)(H2,13,14,15,16). The fourth-order valence-corrected chi connectivity index (χ4v) is 3.15. The van der Waals surface area contributed by atoms with E-state index in [1.165, 1.54) is 11.3 Å². The summed E-state index contributed by atoms with van der Waals surface area (Å²) in [7, 11) is -3.43. The minimum atomic E-state index is -3.43. The van der Waals surface area contributed by atoms with E-state index in [9.17, 15) is 8.42 Å². The van der Waals surface area contributed by atoms with Gasteiger partial charge in [-0.1, -0.05) is 0 Å². The van der Waals surface area contributed by atoms with Gasteiger partial charge in [-0.25, -0.2) is 24.4 Å². The first-order valence-corrected chi connectivity index (χ1v) is 8.41. The molecule has 2 rings (SSSR count). The van der Waals surface area contributed by atoms with E-state index in [4.69, 9.17) is 11.0 Å². The molecule has 0 amide bonds. The van der Waals surface area contributed by atoms with Crippen molar-refractivity contribution in [1.82, 2.24) is 9.97 Å². The van der Waals surface area contributed by atoms with Crippen molar-refractivity contribution < 1.29 is 8.42 Å². The van der Waals surface area contributed by atoms with E-state index in [1.807, 2.05) is 13.0 Å². The number of primary sulfonamides is 1. The minimum Gasteiger partial charge on any atom is -0.369 e. The predicted molar refractivity (Wildman–Crippen MR) is 81.0 cm³/mol. The van der Waals surface area contributed by atoms with Crippen molar-refractivity contribution in [3.63, 3.8) is 0 Å². The third kappa shape index (κ3) is 3.76. The van der Waals surface area contributed by atoms with Crippen molar-refractivity contribution in [1.29, 1.82) is 0 Å². The Hall–Kier alpha value is -1.49. The van der Waals surface area contributed by atoms with Gasteiger partial charge in [-0.3, -0.25) is 5.43 Å². The van der Waals surface area contributed by atoms with Gasteiger partial charge in [-0.2, -0.15) is 4.98 Å². The quantitative estimate of drug-likeness (QED) is 0.343. The molecular formula is C10H16N6O2S2. The van der Waals surface area contributed by atoms with Gasteiger partial charge in [0.15, 0.2) is 0 Å². The number of sulfonamides is 1. The molecule has 0 radical (unpaired) electrons. The van der Waals surface area contributed by atoms with Gasteiger partial charge in [0.05, 0.1) is 11.1 Å². The van der Waals surface area contributed by atoms with Crippen LogP contribution in [0.2, 0.25) is 0 Å². The van der Waals surface area contributed by atoms with Gasteiger partial charge in [0.25, 0.3) is 0 Å². The van der Waals surface area contributed by atoms with Crippen LogP contribution in [-0.2, 0) is 10.0 Å². The summed E-state index contributed by atoms with van der Waals surface area (Å²) in [6, 6.07) is 1.97. The Kier molecular flexibility index (Phi) is 4.38. The monoisotopic (exact) mass is 316 g/mol. The number of aryl methyl sites for hydroxylation is 1. The van der Waals surface area contributed by atoms with Gasteiger partial charge in [-0.05, 0) is 19.4 Å². The normalized spacial score (nSPS) is 11.8. The summed E-state index contributed by atoms with van der Waals surface area (Å²) >= 11 is 1.54. The molecule has 8 nitrogen and oxygen atoms in total. The van der Waals surface area contributed by atoms with Crippen molar-refractivity contribution in [2.45, 2.75) is 13.3 Å². The zero-order valence-corrected chi connectivity index (χ0v) is 12.5. The second-order valence-corrected chi connectivity index (χ2v) is 7.23. The number of nitrogen functional groups attached to an aromatic ring is 1. The van der Waals surface area contributed by atoms with E-state index in [0.29, 0.717) is 24.7 Å². The van der Waals surface area contributed by atoms with E-state index >= 15 is 0 Å². The van der Waals surface area contributed by atoms with Crippen LogP contribution in [-0.4, -0.2) is 30.7 Å². The Bertz CT molecular complexity index is 712. The smallest absolute Gasteiger partial charge is 0.240 e. The van der Waals surface area contributed by atoms with Crippen LogP contribution in [0.25, 0.3) is 10.2 Å². The number of nitrogens with zero attached hydrogens (tertiary/aromatic N) is 2. The maximum absolute atomic E-state index is 10.9. The van der Waals surface area contributed by atoms with Crippen molar-refractivity contribution in [3.05, 3.63) is 10.9 Å². The first-order chi connectivity index (χ1) is 9.39. The third-order valence-corrected chi connectivity index (χ3v) is 4.35. The van der Waals surface area contributed by atoms with Crippen LogP contribution in [0.3, 0.4) is 0 Å². The van der Waals surface area contributed by atoms with Gasteiger partial charge in [0.2, 0.25) is 16.0 Å². The number of hydrogen-bond acceptors (Lipinski definition) is 8. The van der Waals surface area contributed by atoms with E-state index in [-0.39, 0.29) is 5.75 Å². The summed E-state index contributed by atoms with van der Waals surface area (Å²) in [5, 5.41) is 8.93. The number of nitrogens with one attached hydrogen (secondary N) is 2. The van der Waals surface area contributed by atoms with Crippen LogP contribution in [0.5, 0.6) is 0 Å². The van der Waals surface area contributed by atoms with Gasteiger partial charge in [0, 0.05) is 11.4 Å². The van der Waals surface area contributed by atoms with Crippen LogP contribution in [0.15, 0.2) is 6.07 Å². The summed E-state index contributed by atoms with van der Waals surface area (Å²) in [5.41, 5.74) is 2.41. The lowest BCUT2D eigenvalue weighted by Crippen LogP contribution is -2.19. The van der Waals surface area contributed by atoms with Gasteiger partial charge in [0.1, 0.15) is 10.6 Å². The maximum atomic E-state index is 10.9. The molecule has 0 spiro atoms. The molecule has 2 aromatic heterocycles. The molecule has 10 heteroatoms. The number of aromatic nitrogens is 2. The Morgan fingerprint density at radius 1 is 1.40 bits per heavy atom. The Labute approximate surface area is 120 Å². The first-order valence-electron chi connectivity index (χ1n) is 5.88. The Balaban J connectivity index is 2.15. The molecule has 0 aliphatic carbocycles. The summed E-state index contributed by atoms with van der Waals surface area (Å²) in [6.07, 6.45) is 0.402. The molecule has 0 aliphatic heterocycles. The Morgan fingerprint density at radius 3 is 2.80 bits per heavy atom. The number of hydrazine groups is 1. The number of hydrogen-bond donors (Lipinski definition) is 4. The highest BCUT2D eigenvalue weighted by molar-refractivity contribution is 7.89. The number of nitrogens with two attached hydrogens (primary N) is 2. The summed E-state index contributed by atoms with van der Waals surface area (Å²) in [6.45, 7) is 2.42. The molecule has 6 N–H and O–H groups in total. The predicted octanol–water partition coefficient (Wildman–Crippen LogP) is 0.376. The second-order valence-electron chi connectivity index (χ2n) is 4.26. The topological polar surface area (TPSA) is 136 Å². The molecule has 0 atom stereocenters. The van der Waals surface area contributed by atoms with Crippen LogP contribution < -0.4 is 21.7 Å². The minimum absolute atomic E-state index is 0.0705. The van der Waals surface area contributed by atoms with Crippen molar-refractivity contribution in [2.24, 2.45) is 11.0 Å². The van der Waals surface area contributed by atoms with Gasteiger partial charge < -0.3 is 5.32 Å². The molecule has 0 aromatic carbocycles. The molecule has 0 bridgehead atoms. The van der Waals surface area contributed by atoms with E-state index in [1.54, 1.807) is 0 Å². The molecule has 0 fully saturated rings. The number of rotatable bonds is 6. The van der Waals surface area contributed by atoms with Crippen LogP contribution in [0.1, 0.15) is 11.3 Å². The lowest BCUT2D eigenvalue weighted by molar-refractivity contribution is 0.596. The van der Waals surface area contributed by atoms with E-state index < -0.39 is 10.0 Å². The molecule has 0 saturated carbocycles. The van der Waals surface area contributed by atoms with E-state index in [0.717, 1.165) is 15.1 Å². The molecule has 2 heterocycles. The lowest BCUT2D eigenvalue weighted by Gasteiger charge is -2.08. The number of thiophene rings is 1. The van der Waals surface area contributed by atoms with Crippen LogP contribution in [0.4, 0.5) is 11.8 Å². The number of fused-ring (bicyclic) bond motifs is 1. The zero-order valence-electron chi connectivity index (χ0n) is 10.9. The molecule has 0 saturated heterocycles. The lowest BCUT2D eigenvalue weighted by atomic mass is 10.3. The first kappa shape index (κ1) is 14.9. The van der Waals surface area contributed by atoms with Crippen LogP contribution >= 0.6 is 11.3 Å². The third-order valence-electron chi connectivity index (χ3n) is 2.54. The van der Waals surface area contributed by atoms with E-state index in [2.05, 4.69) is 20.7 Å². The highest BCUT2D eigenvalue weighted by Crippen LogP contribution is 2.29. The Morgan fingerprint density at radius 2 is 2.15 bits per heavy atom. The summed E-state index contributed by atoms with van der Waals surface area (Å²) < 4.78 is 21.7. The number of anilines is 2. The molecule has 2 aromatic rings. The van der Waals surface area contributed by atoms with Gasteiger partial charge >= 0.3 is 0 Å². The van der Waals surface area contributed by atoms with Crippen molar-refractivity contribution in [3.8, 4) is 0 Å². The zero-order chi connectivity index (χ0) is 14.8. The molecule has 0 unspecified atom stereocenters. The average Bonchev–Trinajstić information content (AvgIpc) is 2.73. The fourth-order valence-electron chi connectivity index (χ4n) is 1.72. The van der Waals surface area contributed by atoms with Crippen molar-refractivity contribution in [2.75, 3.05) is 23.0 Å². The molecular weight excluding hydrogens is 300 g/mol. The average molecular weight is 316 g/mol. The summed E-state index contributed by atoms with van der Waals surface area (Å²) in [4.78, 5) is 10.4. The summed E-state index contributed by atoms with van der Waals surface area (Å²) in [5.74, 6) is 6.20. The SMILES string of the molecule is Cc1cc2c(NCCCS(N)(=O)=O)nc(NN)nc2s1. The van der Waals surface area contributed by atoms with Gasteiger partial charge in [-0.15, -0.1) is 11.3 Å². The second kappa shape index (κ2) is 5.87. The fraction of sp³-hybridized carbons (Fsp3) is 0.400. The molecule has 110 valence electrons. The highest BCUT2D eigenvalue weighted by Gasteiger charge is 2.10. The molecule has 20 heavy (non-hydrogen) atoms. The van der Waals surface area contributed by atoms with Crippen molar-refractivity contribution >= 4 is 43.3 Å². The highest BCUT2D eigenvalue weighted by atomic mass is 32.2. The maximum Gasteiger partial charge on any atom is 0.240 e. The largest absolute Gasteiger partial charge is 0.369 e. The van der Waals surface area contributed by atoms with Crippen LogP contribution in [0, 0.1) is 6.92 Å². The molecule has 0 aliphatic rings.